The van der Waals surface area contributed by atoms with Gasteiger partial charge in [0, 0.05) is 36.6 Å². The number of rotatable bonds is 5. The van der Waals surface area contributed by atoms with E-state index in [1.807, 2.05) is 0 Å². The van der Waals surface area contributed by atoms with Crippen molar-refractivity contribution in [2.75, 3.05) is 33.2 Å². The van der Waals surface area contributed by atoms with Crippen LogP contribution in [0, 0.1) is 6.92 Å². The van der Waals surface area contributed by atoms with Crippen LogP contribution in [0.1, 0.15) is 36.0 Å². The van der Waals surface area contributed by atoms with Crippen molar-refractivity contribution < 1.29 is 4.74 Å². The number of para-hydroxylation sites is 1. The standard InChI is InChI=1S/C19H27N3OS/c1-14(2)23-17-8-6-5-7-16(17)19(18-13-15(3)20-24-18)22-11-9-21(4)10-12-22/h5-8,13-14,19H,9-12H2,1-4H3. The smallest absolute Gasteiger partial charge is 0.124 e. The Balaban J connectivity index is 1.99. The monoisotopic (exact) mass is 345 g/mol. The Morgan fingerprint density at radius 3 is 2.46 bits per heavy atom. The molecular weight excluding hydrogens is 318 g/mol. The van der Waals surface area contributed by atoms with Crippen molar-refractivity contribution in [1.29, 1.82) is 0 Å². The highest BCUT2D eigenvalue weighted by molar-refractivity contribution is 7.05. The highest BCUT2D eigenvalue weighted by atomic mass is 32.1. The summed E-state index contributed by atoms with van der Waals surface area (Å²) in [5.74, 6) is 0.988. The molecule has 0 amide bonds. The number of aryl methyl sites for hydroxylation is 1. The second-order valence-corrected chi connectivity index (χ2v) is 7.65. The Hall–Kier alpha value is -1.43. The van der Waals surface area contributed by atoms with E-state index in [2.05, 4.69) is 72.3 Å². The van der Waals surface area contributed by atoms with E-state index in [1.165, 1.54) is 10.4 Å². The molecule has 3 rings (SSSR count). The van der Waals surface area contributed by atoms with Gasteiger partial charge in [0.1, 0.15) is 5.75 Å². The van der Waals surface area contributed by atoms with E-state index in [0.29, 0.717) is 0 Å². The number of likely N-dealkylation sites (N-methyl/N-ethyl adjacent to an activating group) is 1. The van der Waals surface area contributed by atoms with Crippen molar-refractivity contribution in [3.8, 4) is 5.75 Å². The van der Waals surface area contributed by atoms with E-state index < -0.39 is 0 Å². The minimum absolute atomic E-state index is 0.169. The summed E-state index contributed by atoms with van der Waals surface area (Å²) in [4.78, 5) is 6.26. The van der Waals surface area contributed by atoms with E-state index in [1.54, 1.807) is 11.5 Å². The number of piperazine rings is 1. The summed E-state index contributed by atoms with van der Waals surface area (Å²) in [6.07, 6.45) is 0.169. The van der Waals surface area contributed by atoms with Gasteiger partial charge in [0.05, 0.1) is 17.8 Å². The van der Waals surface area contributed by atoms with E-state index in [9.17, 15) is 0 Å². The van der Waals surface area contributed by atoms with Crippen LogP contribution < -0.4 is 4.74 Å². The molecule has 2 aromatic rings. The van der Waals surface area contributed by atoms with Crippen LogP contribution in [0.5, 0.6) is 5.75 Å². The molecule has 1 unspecified atom stereocenters. The molecule has 0 N–H and O–H groups in total. The lowest BCUT2D eigenvalue weighted by Gasteiger charge is -2.38. The second-order valence-electron chi connectivity index (χ2n) is 6.82. The molecule has 4 nitrogen and oxygen atoms in total. The number of ether oxygens (including phenoxy) is 1. The summed E-state index contributed by atoms with van der Waals surface area (Å²) >= 11 is 1.61. The van der Waals surface area contributed by atoms with Gasteiger partial charge in [-0.1, -0.05) is 18.2 Å². The first-order valence-electron chi connectivity index (χ1n) is 8.66. The number of hydrogen-bond acceptors (Lipinski definition) is 5. The molecule has 1 aromatic heterocycles. The fourth-order valence-electron chi connectivity index (χ4n) is 3.19. The van der Waals surface area contributed by atoms with Crippen LogP contribution in [0.4, 0.5) is 0 Å². The third-order valence-corrected chi connectivity index (χ3v) is 5.33. The topological polar surface area (TPSA) is 28.6 Å². The molecule has 1 saturated heterocycles. The van der Waals surface area contributed by atoms with Gasteiger partial charge in [-0.3, -0.25) is 4.90 Å². The molecule has 1 aliphatic heterocycles. The summed E-state index contributed by atoms with van der Waals surface area (Å²) < 4.78 is 10.6. The van der Waals surface area contributed by atoms with Gasteiger partial charge in [-0.25, -0.2) is 0 Å². The second kappa shape index (κ2) is 7.64. The molecule has 1 aromatic carbocycles. The first-order valence-corrected chi connectivity index (χ1v) is 9.43. The van der Waals surface area contributed by atoms with E-state index in [-0.39, 0.29) is 12.1 Å². The molecule has 1 atom stereocenters. The molecule has 2 heterocycles. The van der Waals surface area contributed by atoms with E-state index in [0.717, 1.165) is 37.6 Å². The maximum absolute atomic E-state index is 6.11. The molecule has 24 heavy (non-hydrogen) atoms. The predicted molar refractivity (Wildman–Crippen MR) is 100.0 cm³/mol. The van der Waals surface area contributed by atoms with Crippen LogP contribution >= 0.6 is 11.5 Å². The maximum atomic E-state index is 6.11. The predicted octanol–water partition coefficient (Wildman–Crippen LogP) is 3.58. The lowest BCUT2D eigenvalue weighted by molar-refractivity contribution is 0.125. The fourth-order valence-corrected chi connectivity index (χ4v) is 4.09. The first-order chi connectivity index (χ1) is 11.5. The van der Waals surface area contributed by atoms with Crippen LogP contribution in [-0.4, -0.2) is 53.5 Å². The minimum Gasteiger partial charge on any atom is -0.491 e. The summed E-state index contributed by atoms with van der Waals surface area (Å²) in [5.41, 5.74) is 2.34. The average molecular weight is 346 g/mol. The first kappa shape index (κ1) is 17.4. The molecule has 0 aliphatic carbocycles. The van der Waals surface area contributed by atoms with Crippen molar-refractivity contribution in [1.82, 2.24) is 14.2 Å². The average Bonchev–Trinajstić information content (AvgIpc) is 2.97. The Labute approximate surface area is 149 Å². The molecular formula is C19H27N3OS. The Bertz CT molecular complexity index is 662. The summed E-state index contributed by atoms with van der Waals surface area (Å²) in [5, 5.41) is 0. The van der Waals surface area contributed by atoms with Crippen LogP contribution in [0.15, 0.2) is 30.3 Å². The Morgan fingerprint density at radius 2 is 1.83 bits per heavy atom. The van der Waals surface area contributed by atoms with Crippen LogP contribution in [-0.2, 0) is 0 Å². The van der Waals surface area contributed by atoms with Gasteiger partial charge >= 0.3 is 0 Å². The third-order valence-electron chi connectivity index (χ3n) is 4.39. The molecule has 0 spiro atoms. The maximum Gasteiger partial charge on any atom is 0.124 e. The lowest BCUT2D eigenvalue weighted by Crippen LogP contribution is -2.46. The van der Waals surface area contributed by atoms with Gasteiger partial charge in [-0.05, 0) is 51.5 Å². The fraction of sp³-hybridized carbons (Fsp3) is 0.526. The molecule has 0 saturated carbocycles. The SMILES string of the molecule is Cc1cc(C(c2ccccc2OC(C)C)N2CCN(C)CC2)sn1. The number of nitrogens with zero attached hydrogens (tertiary/aromatic N) is 3. The molecule has 0 bridgehead atoms. The summed E-state index contributed by atoms with van der Waals surface area (Å²) in [6.45, 7) is 10.6. The summed E-state index contributed by atoms with van der Waals surface area (Å²) in [7, 11) is 2.19. The zero-order chi connectivity index (χ0) is 17.1. The molecule has 1 aliphatic rings. The molecule has 0 radical (unpaired) electrons. The van der Waals surface area contributed by atoms with Gasteiger partial charge in [0.15, 0.2) is 0 Å². The van der Waals surface area contributed by atoms with Gasteiger partial charge in [-0.2, -0.15) is 4.37 Å². The normalized spacial score (nSPS) is 18.0. The van der Waals surface area contributed by atoms with Crippen molar-refractivity contribution in [3.63, 3.8) is 0 Å². The Morgan fingerprint density at radius 1 is 1.12 bits per heavy atom. The third kappa shape index (κ3) is 3.97. The quantitative estimate of drug-likeness (QED) is 0.828. The molecule has 1 fully saturated rings. The zero-order valence-corrected chi connectivity index (χ0v) is 15.8. The van der Waals surface area contributed by atoms with Crippen molar-refractivity contribution in [2.45, 2.75) is 32.9 Å². The summed E-state index contributed by atoms with van der Waals surface area (Å²) in [6, 6.07) is 10.9. The number of aromatic nitrogens is 1. The highest BCUT2D eigenvalue weighted by Crippen LogP contribution is 2.37. The van der Waals surface area contributed by atoms with Gasteiger partial charge in [-0.15, -0.1) is 0 Å². The zero-order valence-electron chi connectivity index (χ0n) is 15.0. The molecule has 130 valence electrons. The minimum atomic E-state index is 0.169. The van der Waals surface area contributed by atoms with Crippen molar-refractivity contribution >= 4 is 11.5 Å². The van der Waals surface area contributed by atoms with E-state index >= 15 is 0 Å². The lowest BCUT2D eigenvalue weighted by atomic mass is 10.0. The van der Waals surface area contributed by atoms with Gasteiger partial charge in [0.25, 0.3) is 0 Å². The highest BCUT2D eigenvalue weighted by Gasteiger charge is 2.29. The number of benzene rings is 1. The van der Waals surface area contributed by atoms with E-state index in [4.69, 9.17) is 4.74 Å². The van der Waals surface area contributed by atoms with Gasteiger partial charge in [0.2, 0.25) is 0 Å². The van der Waals surface area contributed by atoms with Crippen LogP contribution in [0.3, 0.4) is 0 Å². The van der Waals surface area contributed by atoms with Crippen molar-refractivity contribution in [3.05, 3.63) is 46.5 Å². The van der Waals surface area contributed by atoms with Crippen LogP contribution in [0.2, 0.25) is 0 Å². The number of hydrogen-bond donors (Lipinski definition) is 0. The van der Waals surface area contributed by atoms with Gasteiger partial charge < -0.3 is 9.64 Å². The Kier molecular flexibility index (Phi) is 5.54. The van der Waals surface area contributed by atoms with Crippen molar-refractivity contribution in [2.24, 2.45) is 0 Å². The largest absolute Gasteiger partial charge is 0.491 e. The molecule has 5 heteroatoms. The van der Waals surface area contributed by atoms with Crippen LogP contribution in [0.25, 0.3) is 0 Å².